The third-order valence-corrected chi connectivity index (χ3v) is 11.2. The third kappa shape index (κ3) is 8.01. The molecule has 0 aromatic heterocycles. The Balaban J connectivity index is 1.56. The summed E-state index contributed by atoms with van der Waals surface area (Å²) < 4.78 is 21.6. The minimum absolute atomic E-state index is 0.0651. The van der Waals surface area contributed by atoms with Gasteiger partial charge in [-0.1, -0.05) is 97.3 Å². The van der Waals surface area contributed by atoms with E-state index in [0.29, 0.717) is 11.8 Å². The van der Waals surface area contributed by atoms with Crippen LogP contribution in [0, 0.1) is 22.7 Å². The van der Waals surface area contributed by atoms with Crippen LogP contribution in [-0.4, -0.2) is 37.1 Å². The van der Waals surface area contributed by atoms with Crippen molar-refractivity contribution in [1.29, 1.82) is 0 Å². The van der Waals surface area contributed by atoms with Crippen LogP contribution in [0.15, 0.2) is 12.1 Å². The Bertz CT molecular complexity index is 1460. The van der Waals surface area contributed by atoms with E-state index < -0.39 is 46.5 Å². The van der Waals surface area contributed by atoms with E-state index in [1.807, 2.05) is 27.7 Å². The Kier molecular flexibility index (Phi) is 11.8. The van der Waals surface area contributed by atoms with Crippen LogP contribution in [0.3, 0.4) is 0 Å². The first kappa shape index (κ1) is 36.9. The predicted molar refractivity (Wildman–Crippen MR) is 177 cm³/mol. The standard InChI is InChI=1S/C32H32Cl6O8/c1-5-31(3,15-7-8-15)13-43-27(39)21-23(37)17(33)11-19(35)25(21)45-29(41)30(42)46-26-20(36)12-18(34)24(38)22(26)28(40)44-14-32(4,6-2)16-9-10-16/h11-12,15-16H,5-10,13-14H2,1-4H3. The normalized spacial score (nSPS) is 17.0. The second-order valence-corrected chi connectivity index (χ2v) is 14.6. The van der Waals surface area contributed by atoms with Gasteiger partial charge in [0.2, 0.25) is 0 Å². The van der Waals surface area contributed by atoms with Gasteiger partial charge in [0.25, 0.3) is 0 Å². The smallest absolute Gasteiger partial charge is 0.423 e. The van der Waals surface area contributed by atoms with E-state index in [4.69, 9.17) is 88.6 Å². The lowest BCUT2D eigenvalue weighted by molar-refractivity contribution is -0.156. The molecule has 0 heterocycles. The molecule has 2 atom stereocenters. The Morgan fingerprint density at radius 3 is 1.24 bits per heavy atom. The Morgan fingerprint density at radius 2 is 0.957 bits per heavy atom. The molecule has 2 aliphatic carbocycles. The first-order chi connectivity index (χ1) is 21.6. The zero-order valence-electron chi connectivity index (χ0n) is 25.5. The van der Waals surface area contributed by atoms with Gasteiger partial charge in [0.05, 0.1) is 43.3 Å². The second kappa shape index (κ2) is 14.7. The van der Waals surface area contributed by atoms with Crippen molar-refractivity contribution in [2.75, 3.05) is 13.2 Å². The lowest BCUT2D eigenvalue weighted by atomic mass is 9.83. The van der Waals surface area contributed by atoms with Crippen LogP contribution in [0.2, 0.25) is 30.1 Å². The Hall–Kier alpha value is -1.94. The number of esters is 4. The fourth-order valence-corrected chi connectivity index (χ4v) is 6.61. The molecule has 0 amide bonds. The van der Waals surface area contributed by atoms with Crippen molar-refractivity contribution < 1.29 is 38.1 Å². The summed E-state index contributed by atoms with van der Waals surface area (Å²) in [5.74, 6) is -5.56. The quantitative estimate of drug-likeness (QED) is 0.0912. The topological polar surface area (TPSA) is 105 Å². The van der Waals surface area contributed by atoms with Crippen molar-refractivity contribution in [3.05, 3.63) is 53.4 Å². The van der Waals surface area contributed by atoms with Gasteiger partial charge in [0.15, 0.2) is 11.5 Å². The van der Waals surface area contributed by atoms with E-state index in [9.17, 15) is 19.2 Å². The van der Waals surface area contributed by atoms with Gasteiger partial charge < -0.3 is 18.9 Å². The molecule has 0 radical (unpaired) electrons. The Labute approximate surface area is 297 Å². The van der Waals surface area contributed by atoms with E-state index in [1.165, 1.54) is 0 Å². The molecule has 2 aliphatic rings. The van der Waals surface area contributed by atoms with Gasteiger partial charge in [-0.15, -0.1) is 0 Å². The van der Waals surface area contributed by atoms with Crippen molar-refractivity contribution in [1.82, 2.24) is 0 Å². The number of halogens is 6. The fraction of sp³-hybridized carbons (Fsp3) is 0.500. The third-order valence-electron chi connectivity index (χ3n) is 9.02. The van der Waals surface area contributed by atoms with Gasteiger partial charge in [0, 0.05) is 10.8 Å². The van der Waals surface area contributed by atoms with E-state index >= 15 is 0 Å². The largest absolute Gasteiger partial charge is 0.461 e. The molecule has 2 aromatic carbocycles. The molecule has 0 N–H and O–H groups in total. The van der Waals surface area contributed by atoms with E-state index in [-0.39, 0.29) is 54.2 Å². The first-order valence-corrected chi connectivity index (χ1v) is 17.0. The van der Waals surface area contributed by atoms with Crippen LogP contribution in [-0.2, 0) is 19.1 Å². The molecular formula is C32H32Cl6O8. The summed E-state index contributed by atoms with van der Waals surface area (Å²) in [5, 5.41) is -1.47. The first-order valence-electron chi connectivity index (χ1n) is 14.7. The molecule has 2 saturated carbocycles. The molecule has 14 heteroatoms. The summed E-state index contributed by atoms with van der Waals surface area (Å²) >= 11 is 37.5. The average molecular weight is 757 g/mol. The highest BCUT2D eigenvalue weighted by Crippen LogP contribution is 2.49. The molecule has 0 spiro atoms. The van der Waals surface area contributed by atoms with Crippen LogP contribution in [0.1, 0.15) is 86.9 Å². The minimum atomic E-state index is -1.64. The van der Waals surface area contributed by atoms with Crippen LogP contribution < -0.4 is 9.47 Å². The molecular weight excluding hydrogens is 725 g/mol. The summed E-state index contributed by atoms with van der Waals surface area (Å²) in [6, 6.07) is 2.26. The molecule has 0 saturated heterocycles. The molecule has 0 bridgehead atoms. The zero-order chi connectivity index (χ0) is 34.1. The maximum absolute atomic E-state index is 13.2. The molecule has 2 unspecified atom stereocenters. The summed E-state index contributed by atoms with van der Waals surface area (Å²) in [7, 11) is 0. The number of rotatable bonds is 12. The van der Waals surface area contributed by atoms with Gasteiger partial charge in [-0.2, -0.15) is 0 Å². The Morgan fingerprint density at radius 1 is 0.630 bits per heavy atom. The van der Waals surface area contributed by atoms with Crippen molar-refractivity contribution >= 4 is 93.5 Å². The monoisotopic (exact) mass is 754 g/mol. The summed E-state index contributed by atoms with van der Waals surface area (Å²) in [5.41, 5.74) is -1.45. The van der Waals surface area contributed by atoms with Crippen LogP contribution in [0.4, 0.5) is 0 Å². The minimum Gasteiger partial charge on any atom is -0.461 e. The summed E-state index contributed by atoms with van der Waals surface area (Å²) in [6.07, 6.45) is 5.62. The van der Waals surface area contributed by atoms with Crippen molar-refractivity contribution in [3.63, 3.8) is 0 Å². The highest BCUT2D eigenvalue weighted by molar-refractivity contribution is 6.47. The molecule has 250 valence electrons. The van der Waals surface area contributed by atoms with E-state index in [2.05, 4.69) is 0 Å². The van der Waals surface area contributed by atoms with E-state index in [0.717, 1.165) is 50.7 Å². The second-order valence-electron chi connectivity index (χ2n) is 12.2. The molecule has 4 rings (SSSR count). The van der Waals surface area contributed by atoms with Gasteiger partial charge in [-0.25, -0.2) is 19.2 Å². The zero-order valence-corrected chi connectivity index (χ0v) is 30.0. The molecule has 2 aromatic rings. The SMILES string of the molecule is CCC(C)(COC(=O)c1c(Cl)c(Cl)cc(Cl)c1OC(=O)C(=O)Oc1c(Cl)cc(Cl)c(Cl)c1C(=O)OCC(C)(CC)C1CC1)C1CC1. The lowest BCUT2D eigenvalue weighted by Crippen LogP contribution is -2.29. The highest BCUT2D eigenvalue weighted by Gasteiger charge is 2.43. The maximum Gasteiger partial charge on any atom is 0.423 e. The number of carbonyl (C=O) groups excluding carboxylic acids is 4. The van der Waals surface area contributed by atoms with Gasteiger partial charge >= 0.3 is 23.9 Å². The van der Waals surface area contributed by atoms with Gasteiger partial charge in [0.1, 0.15) is 11.1 Å². The van der Waals surface area contributed by atoms with Crippen LogP contribution >= 0.6 is 69.6 Å². The molecule has 0 aliphatic heterocycles. The van der Waals surface area contributed by atoms with E-state index in [1.54, 1.807) is 0 Å². The average Bonchev–Trinajstić information content (AvgIpc) is 3.93. The molecule has 2 fully saturated rings. The van der Waals surface area contributed by atoms with Gasteiger partial charge in [-0.3, -0.25) is 0 Å². The molecule has 8 nitrogen and oxygen atoms in total. The number of benzene rings is 2. The summed E-state index contributed by atoms with van der Waals surface area (Å²) in [6.45, 7) is 8.14. The van der Waals surface area contributed by atoms with Crippen molar-refractivity contribution in [3.8, 4) is 11.5 Å². The molecule has 46 heavy (non-hydrogen) atoms. The predicted octanol–water partition coefficient (Wildman–Crippen LogP) is 10.1. The summed E-state index contributed by atoms with van der Waals surface area (Å²) in [4.78, 5) is 52.5. The number of ether oxygens (including phenoxy) is 4. The fourth-order valence-electron chi connectivity index (χ4n) is 5.17. The lowest BCUT2D eigenvalue weighted by Gasteiger charge is -2.28. The number of hydrogen-bond donors (Lipinski definition) is 0. The maximum atomic E-state index is 13.2. The van der Waals surface area contributed by atoms with Gasteiger partial charge in [-0.05, 0) is 62.5 Å². The van der Waals surface area contributed by atoms with Crippen molar-refractivity contribution in [2.45, 2.75) is 66.2 Å². The van der Waals surface area contributed by atoms with Crippen molar-refractivity contribution in [2.24, 2.45) is 22.7 Å². The van der Waals surface area contributed by atoms with Crippen LogP contribution in [0.5, 0.6) is 11.5 Å². The number of carbonyl (C=O) groups is 4. The van der Waals surface area contributed by atoms with Crippen LogP contribution in [0.25, 0.3) is 0 Å². The number of hydrogen-bond acceptors (Lipinski definition) is 8. The highest BCUT2D eigenvalue weighted by atomic mass is 35.5.